The van der Waals surface area contributed by atoms with Crippen molar-refractivity contribution in [2.45, 2.75) is 50.6 Å². The van der Waals surface area contributed by atoms with E-state index < -0.39 is 6.29 Å². The summed E-state index contributed by atoms with van der Waals surface area (Å²) in [7, 11) is 1.49. The lowest BCUT2D eigenvalue weighted by Crippen LogP contribution is -2.49. The largest absolute Gasteiger partial charge is 0.467 e. The van der Waals surface area contributed by atoms with Crippen LogP contribution in [0.2, 0.25) is 5.02 Å². The molecule has 1 aromatic carbocycles. The molecule has 0 unspecified atom stereocenters. The minimum absolute atomic E-state index is 0.00332. The molecule has 1 fully saturated rings. The number of aromatic amines is 1. The number of anilines is 2. The number of carbonyl (C=O) groups excluding carboxylic acids is 1. The highest BCUT2D eigenvalue weighted by atomic mass is 35.5. The molecule has 4 heterocycles. The number of H-pyrrole nitrogens is 1. The Bertz CT molecular complexity index is 1780. The van der Waals surface area contributed by atoms with Gasteiger partial charge in [-0.05, 0) is 31.2 Å². The molecule has 2 amide bonds. The van der Waals surface area contributed by atoms with Gasteiger partial charge in [-0.3, -0.25) is 15.0 Å². The van der Waals surface area contributed by atoms with E-state index >= 15 is 0 Å². The summed E-state index contributed by atoms with van der Waals surface area (Å²) in [6, 6.07) is 9.50. The highest BCUT2D eigenvalue weighted by molar-refractivity contribution is 6.32. The second-order valence-electron chi connectivity index (χ2n) is 10.8. The van der Waals surface area contributed by atoms with E-state index in [1.165, 1.54) is 19.5 Å². The number of carbonyl (C=O) groups is 1. The van der Waals surface area contributed by atoms with Gasteiger partial charge in [0.1, 0.15) is 11.4 Å². The van der Waals surface area contributed by atoms with Gasteiger partial charge in [-0.1, -0.05) is 41.9 Å². The van der Waals surface area contributed by atoms with Gasteiger partial charge in [0.2, 0.25) is 5.95 Å². The quantitative estimate of drug-likeness (QED) is 0.136. The van der Waals surface area contributed by atoms with Crippen molar-refractivity contribution in [2.24, 2.45) is 0 Å². The number of hydrogen-bond donors (Lipinski definition) is 5. The number of aromatic nitrogens is 8. The molecule has 0 spiro atoms. The molecule has 1 aliphatic carbocycles. The Morgan fingerprint density at radius 1 is 1.00 bits per heavy atom. The summed E-state index contributed by atoms with van der Waals surface area (Å²) in [6.07, 6.45) is 10.1. The van der Waals surface area contributed by atoms with Crippen LogP contribution in [-0.2, 0) is 6.54 Å². The van der Waals surface area contributed by atoms with Gasteiger partial charge in [0.15, 0.2) is 12.1 Å². The number of aliphatic hydroxyl groups excluding tert-OH is 1. The maximum atomic E-state index is 13.7. The van der Waals surface area contributed by atoms with Gasteiger partial charge in [0, 0.05) is 49.0 Å². The summed E-state index contributed by atoms with van der Waals surface area (Å²) in [4.78, 5) is 41.6. The number of amides is 2. The SMILES string of the molecule is COc1ncc(-c2cnc(N(C(=O)NCc3ccccc3)[C@H]3CC[C@H](Nc4ncc(C(O)O)c(-c5n[nH]cc5Cl)n4)CC3)cn2)cn1. The van der Waals surface area contributed by atoms with Crippen molar-refractivity contribution < 1.29 is 19.7 Å². The number of nitrogens with zero attached hydrogens (tertiary/aromatic N) is 8. The Balaban J connectivity index is 1.17. The molecule has 16 heteroatoms. The molecule has 47 heavy (non-hydrogen) atoms. The summed E-state index contributed by atoms with van der Waals surface area (Å²) in [5.74, 6) is 0.723. The average molecular weight is 658 g/mol. The monoisotopic (exact) mass is 657 g/mol. The molecule has 0 saturated heterocycles. The Kier molecular flexibility index (Phi) is 9.75. The summed E-state index contributed by atoms with van der Waals surface area (Å²) < 4.78 is 5.04. The van der Waals surface area contributed by atoms with Crippen molar-refractivity contribution in [3.63, 3.8) is 0 Å². The van der Waals surface area contributed by atoms with Crippen LogP contribution in [0, 0.1) is 0 Å². The number of benzene rings is 1. The van der Waals surface area contributed by atoms with Crippen LogP contribution in [0.25, 0.3) is 22.6 Å². The molecule has 5 N–H and O–H groups in total. The van der Waals surface area contributed by atoms with E-state index in [0.29, 0.717) is 55.3 Å². The van der Waals surface area contributed by atoms with Crippen LogP contribution < -0.4 is 20.3 Å². The van der Waals surface area contributed by atoms with E-state index in [1.807, 2.05) is 30.3 Å². The first kappa shape index (κ1) is 31.7. The zero-order valence-corrected chi connectivity index (χ0v) is 26.0. The maximum absolute atomic E-state index is 13.7. The lowest BCUT2D eigenvalue weighted by molar-refractivity contribution is -0.0424. The summed E-state index contributed by atoms with van der Waals surface area (Å²) >= 11 is 6.23. The number of methoxy groups -OCH3 is 1. The van der Waals surface area contributed by atoms with E-state index in [1.54, 1.807) is 29.7 Å². The highest BCUT2D eigenvalue weighted by Gasteiger charge is 2.32. The van der Waals surface area contributed by atoms with Gasteiger partial charge in [-0.2, -0.15) is 5.10 Å². The van der Waals surface area contributed by atoms with Crippen LogP contribution in [0.3, 0.4) is 0 Å². The molecule has 15 nitrogen and oxygen atoms in total. The first-order chi connectivity index (χ1) is 22.9. The van der Waals surface area contributed by atoms with Crippen molar-refractivity contribution >= 4 is 29.4 Å². The third-order valence-corrected chi connectivity index (χ3v) is 8.09. The lowest BCUT2D eigenvalue weighted by atomic mass is 9.90. The normalized spacial score (nSPS) is 16.1. The molecule has 6 rings (SSSR count). The van der Waals surface area contributed by atoms with Crippen LogP contribution in [-0.4, -0.2) is 75.5 Å². The zero-order chi connectivity index (χ0) is 32.8. The van der Waals surface area contributed by atoms with Crippen molar-refractivity contribution in [2.75, 3.05) is 17.3 Å². The first-order valence-electron chi connectivity index (χ1n) is 14.9. The number of ether oxygens (including phenoxy) is 1. The third-order valence-electron chi connectivity index (χ3n) is 7.81. The fraction of sp³-hybridized carbons (Fsp3) is 0.290. The Labute approximate surface area is 274 Å². The standard InChI is InChI=1S/C31H32ClN11O4/c1-47-30-36-12-19(13-37-30)24-16-34-25(17-33-24)43(31(46)38-11-18-5-3-2-4-6-18)21-9-7-20(8-10-21)40-29-35-14-22(28(44)45)26(41-29)27-23(32)15-39-42-27/h2-6,12-17,20-21,28,44-45H,7-11H2,1H3,(H,38,46)(H,39,42)(H,35,40,41)/t20-,21-. The second-order valence-corrected chi connectivity index (χ2v) is 11.2. The van der Waals surface area contributed by atoms with E-state index in [0.717, 1.165) is 5.56 Å². The van der Waals surface area contributed by atoms with Gasteiger partial charge >= 0.3 is 12.0 Å². The molecule has 5 aromatic rings. The topological polar surface area (TPSA) is 200 Å². The molecule has 1 saturated carbocycles. The van der Waals surface area contributed by atoms with E-state index in [-0.39, 0.29) is 46.1 Å². The summed E-state index contributed by atoms with van der Waals surface area (Å²) in [5.41, 5.74) is 2.78. The number of aliphatic hydroxyl groups is 2. The van der Waals surface area contributed by atoms with Crippen molar-refractivity contribution in [1.29, 1.82) is 0 Å². The Morgan fingerprint density at radius 2 is 1.77 bits per heavy atom. The fourth-order valence-corrected chi connectivity index (χ4v) is 5.59. The molecule has 0 bridgehead atoms. The average Bonchev–Trinajstić information content (AvgIpc) is 3.54. The number of nitrogens with one attached hydrogen (secondary N) is 3. The molecule has 4 aromatic heterocycles. The van der Waals surface area contributed by atoms with E-state index in [4.69, 9.17) is 16.3 Å². The van der Waals surface area contributed by atoms with Gasteiger partial charge < -0.3 is 25.6 Å². The fourth-order valence-electron chi connectivity index (χ4n) is 5.41. The van der Waals surface area contributed by atoms with Crippen molar-refractivity contribution in [1.82, 2.24) is 45.4 Å². The van der Waals surface area contributed by atoms with Gasteiger partial charge in [0.25, 0.3) is 0 Å². The Morgan fingerprint density at radius 3 is 2.40 bits per heavy atom. The predicted molar refractivity (Wildman–Crippen MR) is 172 cm³/mol. The summed E-state index contributed by atoms with van der Waals surface area (Å²) in [6.45, 7) is 0.361. The number of rotatable bonds is 10. The van der Waals surface area contributed by atoms with E-state index in [9.17, 15) is 15.0 Å². The predicted octanol–water partition coefficient (Wildman–Crippen LogP) is 3.90. The molecular formula is C31H32ClN11O4. The molecular weight excluding hydrogens is 626 g/mol. The van der Waals surface area contributed by atoms with Crippen LogP contribution in [0.4, 0.5) is 16.6 Å². The van der Waals surface area contributed by atoms with Crippen LogP contribution in [0.1, 0.15) is 43.1 Å². The van der Waals surface area contributed by atoms with E-state index in [2.05, 4.69) is 50.7 Å². The van der Waals surface area contributed by atoms with Gasteiger partial charge in [-0.25, -0.2) is 29.7 Å². The van der Waals surface area contributed by atoms with Gasteiger partial charge in [0.05, 0.1) is 35.8 Å². The first-order valence-corrected chi connectivity index (χ1v) is 15.3. The molecule has 1 aliphatic rings. The lowest BCUT2D eigenvalue weighted by Gasteiger charge is -2.36. The molecule has 0 atom stereocenters. The Hall–Kier alpha value is -5.25. The second kappa shape index (κ2) is 14.5. The van der Waals surface area contributed by atoms with Crippen LogP contribution in [0.5, 0.6) is 6.01 Å². The number of hydrogen-bond acceptors (Lipinski definition) is 12. The van der Waals surface area contributed by atoms with Crippen molar-refractivity contribution in [3.05, 3.63) is 83.7 Å². The van der Waals surface area contributed by atoms with Crippen molar-refractivity contribution in [3.8, 4) is 28.7 Å². The maximum Gasteiger partial charge on any atom is 0.323 e. The minimum atomic E-state index is -1.80. The summed E-state index contributed by atoms with van der Waals surface area (Å²) in [5, 5.41) is 33.1. The van der Waals surface area contributed by atoms with Crippen LogP contribution >= 0.6 is 11.6 Å². The molecule has 0 radical (unpaired) electrons. The number of urea groups is 1. The highest BCUT2D eigenvalue weighted by Crippen LogP contribution is 2.32. The van der Waals surface area contributed by atoms with Crippen LogP contribution in [0.15, 0.2) is 67.5 Å². The number of halogens is 1. The molecule has 242 valence electrons. The smallest absolute Gasteiger partial charge is 0.323 e. The molecule has 0 aliphatic heterocycles. The minimum Gasteiger partial charge on any atom is -0.467 e. The van der Waals surface area contributed by atoms with Gasteiger partial charge in [-0.15, -0.1) is 0 Å². The zero-order valence-electron chi connectivity index (χ0n) is 25.3. The third kappa shape index (κ3) is 7.43.